The first-order chi connectivity index (χ1) is 13.9. The highest BCUT2D eigenvalue weighted by Gasteiger charge is 2.34. The van der Waals surface area contributed by atoms with E-state index in [2.05, 4.69) is 22.2 Å². The summed E-state index contributed by atoms with van der Waals surface area (Å²) in [6.07, 6.45) is -0.388. The predicted octanol–water partition coefficient (Wildman–Crippen LogP) is 2.53. The zero-order chi connectivity index (χ0) is 21.0. The normalized spacial score (nSPS) is 17.6. The SMILES string of the molecule is CCNC(=O)C1N=C(c2ccc(C#Cc3ccc(N(C)C)cc3)cc2O)O[C@H]1C. The highest BCUT2D eigenvalue weighted by molar-refractivity contribution is 6.00. The molecule has 2 atom stereocenters. The Bertz CT molecular complexity index is 985. The molecule has 0 bridgehead atoms. The molecule has 0 radical (unpaired) electrons. The van der Waals surface area contributed by atoms with Crippen LogP contribution in [0.25, 0.3) is 0 Å². The van der Waals surface area contributed by atoms with Gasteiger partial charge in [-0.2, -0.15) is 0 Å². The number of ether oxygens (including phenoxy) is 1. The molecule has 6 nitrogen and oxygen atoms in total. The molecule has 2 N–H and O–H groups in total. The number of anilines is 1. The number of hydrogen-bond donors (Lipinski definition) is 2. The van der Waals surface area contributed by atoms with Crippen molar-refractivity contribution in [2.75, 3.05) is 25.5 Å². The Kier molecular flexibility index (Phi) is 6.08. The molecular weight excluding hydrogens is 366 g/mol. The highest BCUT2D eigenvalue weighted by Crippen LogP contribution is 2.25. The molecule has 0 spiro atoms. The van der Waals surface area contributed by atoms with Crippen LogP contribution in [0.2, 0.25) is 0 Å². The average molecular weight is 391 g/mol. The topological polar surface area (TPSA) is 74.2 Å². The lowest BCUT2D eigenvalue weighted by molar-refractivity contribution is -0.123. The molecule has 0 aliphatic carbocycles. The lowest BCUT2D eigenvalue weighted by atomic mass is 10.1. The van der Waals surface area contributed by atoms with Gasteiger partial charge in [-0.05, 0) is 56.3 Å². The number of benzene rings is 2. The molecule has 1 heterocycles. The fourth-order valence-corrected chi connectivity index (χ4v) is 2.96. The van der Waals surface area contributed by atoms with Gasteiger partial charge in [0.25, 0.3) is 0 Å². The molecule has 2 aromatic rings. The van der Waals surface area contributed by atoms with E-state index in [-0.39, 0.29) is 23.7 Å². The van der Waals surface area contributed by atoms with Gasteiger partial charge in [0.1, 0.15) is 11.9 Å². The van der Waals surface area contributed by atoms with Gasteiger partial charge in [-0.1, -0.05) is 11.8 Å². The maximum atomic E-state index is 12.1. The first-order valence-corrected chi connectivity index (χ1v) is 9.54. The minimum Gasteiger partial charge on any atom is -0.507 e. The Morgan fingerprint density at radius 1 is 1.17 bits per heavy atom. The van der Waals surface area contributed by atoms with E-state index in [1.165, 1.54) is 0 Å². The van der Waals surface area contributed by atoms with E-state index in [1.807, 2.05) is 50.2 Å². The molecule has 2 aromatic carbocycles. The summed E-state index contributed by atoms with van der Waals surface area (Å²) < 4.78 is 5.70. The second-order valence-corrected chi connectivity index (χ2v) is 7.02. The zero-order valence-corrected chi connectivity index (χ0v) is 17.1. The Morgan fingerprint density at radius 3 is 2.45 bits per heavy atom. The smallest absolute Gasteiger partial charge is 0.248 e. The minimum atomic E-state index is -0.617. The summed E-state index contributed by atoms with van der Waals surface area (Å²) in [7, 11) is 3.98. The standard InChI is InChI=1S/C23H25N3O3/c1-5-24-22(28)21-15(2)29-23(25-21)19-13-10-17(14-20(19)27)7-6-16-8-11-18(12-9-16)26(3)4/h8-15,21,27H,5H2,1-4H3,(H,24,28)/t15-,21?/m0/s1. The summed E-state index contributed by atoms with van der Waals surface area (Å²) in [5.74, 6) is 6.25. The van der Waals surface area contributed by atoms with Crippen molar-refractivity contribution < 1.29 is 14.6 Å². The molecular formula is C23H25N3O3. The molecule has 1 aliphatic heterocycles. The van der Waals surface area contributed by atoms with Crippen LogP contribution >= 0.6 is 0 Å². The number of aliphatic imine (C=N–C) groups is 1. The number of likely N-dealkylation sites (N-methyl/N-ethyl adjacent to an activating group) is 1. The van der Waals surface area contributed by atoms with Gasteiger partial charge in [-0.3, -0.25) is 4.79 Å². The van der Waals surface area contributed by atoms with Gasteiger partial charge in [0.05, 0.1) is 5.56 Å². The Morgan fingerprint density at radius 2 is 1.83 bits per heavy atom. The number of rotatable bonds is 4. The van der Waals surface area contributed by atoms with Crippen molar-refractivity contribution in [2.24, 2.45) is 4.99 Å². The first kappa shape index (κ1) is 20.3. The highest BCUT2D eigenvalue weighted by atomic mass is 16.5. The fraction of sp³-hybridized carbons (Fsp3) is 0.304. The van der Waals surface area contributed by atoms with Crippen molar-refractivity contribution >= 4 is 17.5 Å². The van der Waals surface area contributed by atoms with Crippen LogP contribution < -0.4 is 10.2 Å². The van der Waals surface area contributed by atoms with Gasteiger partial charge in [0, 0.05) is 37.5 Å². The van der Waals surface area contributed by atoms with Gasteiger partial charge in [-0.25, -0.2) is 4.99 Å². The number of hydrogen-bond acceptors (Lipinski definition) is 5. The lowest BCUT2D eigenvalue weighted by Crippen LogP contribution is -2.38. The van der Waals surface area contributed by atoms with Crippen LogP contribution in [0.5, 0.6) is 5.75 Å². The Hall–Kier alpha value is -3.46. The van der Waals surface area contributed by atoms with E-state index in [0.29, 0.717) is 17.7 Å². The third-order valence-electron chi connectivity index (χ3n) is 4.58. The minimum absolute atomic E-state index is 0.0160. The third kappa shape index (κ3) is 4.69. The molecule has 0 saturated carbocycles. The summed E-state index contributed by atoms with van der Waals surface area (Å²) in [6, 6.07) is 12.4. The van der Waals surface area contributed by atoms with Gasteiger partial charge < -0.3 is 20.1 Å². The molecule has 6 heteroatoms. The summed E-state index contributed by atoms with van der Waals surface area (Å²) in [4.78, 5) is 18.4. The van der Waals surface area contributed by atoms with Crippen LogP contribution in [0.15, 0.2) is 47.5 Å². The predicted molar refractivity (Wildman–Crippen MR) is 114 cm³/mol. The number of phenols is 1. The maximum absolute atomic E-state index is 12.1. The number of amides is 1. The van der Waals surface area contributed by atoms with Crippen molar-refractivity contribution in [3.8, 4) is 17.6 Å². The molecule has 150 valence electrons. The third-order valence-corrected chi connectivity index (χ3v) is 4.58. The van der Waals surface area contributed by atoms with Crippen LogP contribution in [0.4, 0.5) is 5.69 Å². The van der Waals surface area contributed by atoms with E-state index in [4.69, 9.17) is 4.74 Å². The van der Waals surface area contributed by atoms with Crippen LogP contribution in [-0.4, -0.2) is 49.7 Å². The first-order valence-electron chi connectivity index (χ1n) is 9.54. The van der Waals surface area contributed by atoms with E-state index in [0.717, 1.165) is 11.3 Å². The molecule has 3 rings (SSSR count). The average Bonchev–Trinajstić information content (AvgIpc) is 3.08. The van der Waals surface area contributed by atoms with Crippen molar-refractivity contribution in [3.63, 3.8) is 0 Å². The molecule has 0 saturated heterocycles. The monoisotopic (exact) mass is 391 g/mol. The Labute approximate surface area is 171 Å². The van der Waals surface area contributed by atoms with Crippen LogP contribution in [0.1, 0.15) is 30.5 Å². The number of aromatic hydroxyl groups is 1. The van der Waals surface area contributed by atoms with Gasteiger partial charge >= 0.3 is 0 Å². The molecule has 29 heavy (non-hydrogen) atoms. The summed E-state index contributed by atoms with van der Waals surface area (Å²) in [6.45, 7) is 4.17. The number of nitrogens with one attached hydrogen (secondary N) is 1. The molecule has 1 unspecified atom stereocenters. The van der Waals surface area contributed by atoms with Crippen molar-refractivity contribution in [2.45, 2.75) is 26.0 Å². The van der Waals surface area contributed by atoms with Gasteiger partial charge in [-0.15, -0.1) is 0 Å². The largest absolute Gasteiger partial charge is 0.507 e. The van der Waals surface area contributed by atoms with Gasteiger partial charge in [0.15, 0.2) is 6.04 Å². The zero-order valence-electron chi connectivity index (χ0n) is 17.1. The number of carbonyl (C=O) groups is 1. The summed E-state index contributed by atoms with van der Waals surface area (Å²) in [5, 5.41) is 13.2. The van der Waals surface area contributed by atoms with Crippen molar-refractivity contribution in [3.05, 3.63) is 59.2 Å². The van der Waals surface area contributed by atoms with Gasteiger partial charge in [0.2, 0.25) is 11.8 Å². The van der Waals surface area contributed by atoms with E-state index < -0.39 is 6.04 Å². The quantitative estimate of drug-likeness (QED) is 0.786. The molecule has 0 fully saturated rings. The number of phenolic OH excluding ortho intramolecular Hbond substituents is 1. The number of carbonyl (C=O) groups excluding carboxylic acids is 1. The van der Waals surface area contributed by atoms with Crippen molar-refractivity contribution in [1.82, 2.24) is 5.32 Å². The van der Waals surface area contributed by atoms with E-state index in [1.54, 1.807) is 25.1 Å². The summed E-state index contributed by atoms with van der Waals surface area (Å²) in [5.41, 5.74) is 3.12. The maximum Gasteiger partial charge on any atom is 0.248 e. The summed E-state index contributed by atoms with van der Waals surface area (Å²) >= 11 is 0. The van der Waals surface area contributed by atoms with Crippen LogP contribution in [0, 0.1) is 11.8 Å². The number of nitrogens with zero attached hydrogens (tertiary/aromatic N) is 2. The second kappa shape index (κ2) is 8.70. The van der Waals surface area contributed by atoms with Crippen molar-refractivity contribution in [1.29, 1.82) is 0 Å². The van der Waals surface area contributed by atoms with E-state index >= 15 is 0 Å². The van der Waals surface area contributed by atoms with Crippen LogP contribution in [0.3, 0.4) is 0 Å². The second-order valence-electron chi connectivity index (χ2n) is 7.02. The fourth-order valence-electron chi connectivity index (χ4n) is 2.96. The Balaban J connectivity index is 1.78. The lowest BCUT2D eigenvalue weighted by Gasteiger charge is -2.12. The molecule has 0 aromatic heterocycles. The van der Waals surface area contributed by atoms with E-state index in [9.17, 15) is 9.90 Å². The molecule has 1 aliphatic rings. The molecule has 1 amide bonds. The van der Waals surface area contributed by atoms with Crippen LogP contribution in [-0.2, 0) is 9.53 Å².